The van der Waals surface area contributed by atoms with Crippen LogP contribution in [0.4, 0.5) is 0 Å². The lowest BCUT2D eigenvalue weighted by Gasteiger charge is -2.35. The Bertz CT molecular complexity index is 530. The molecule has 11 heteroatoms. The Morgan fingerprint density at radius 2 is 1.65 bits per heavy atom. The molecule has 0 bridgehead atoms. The normalized spacial score (nSPS) is 18.1. The predicted octanol–water partition coefficient (Wildman–Crippen LogP) is -0.500. The number of carboxylic acids is 1. The summed E-state index contributed by atoms with van der Waals surface area (Å²) in [6.45, 7) is 5.00. The molecular formula is C15H31N4O6P. The summed E-state index contributed by atoms with van der Waals surface area (Å²) in [5.41, 5.74) is 11.4. The zero-order valence-corrected chi connectivity index (χ0v) is 16.4. The number of hydrogen-bond acceptors (Lipinski definition) is 6. The number of rotatable bonds is 12. The molecule has 0 aliphatic heterocycles. The maximum absolute atomic E-state index is 12.6. The summed E-state index contributed by atoms with van der Waals surface area (Å²) in [5, 5.41) is 11.9. The molecule has 0 rings (SSSR count). The number of nitrogens with one attached hydrogen (secondary N) is 2. The van der Waals surface area contributed by atoms with E-state index in [0.717, 1.165) is 0 Å². The first-order valence-corrected chi connectivity index (χ1v) is 9.96. The standard InChI is InChI=1S/C15H31N4O6P/c1-4-6-10(17)13(22)18-11(7-5-2)14(23)19-15(9(3)16,26(24)25)8-12(20)21/h9-11,26H,4-8,16-17H2,1-3H3,(H,18,22)(H,19,23)(H,20,21)(H,24,25)/t9?,10-,11-,15?/m0/s1. The van der Waals surface area contributed by atoms with Crippen molar-refractivity contribution in [2.75, 3.05) is 0 Å². The smallest absolute Gasteiger partial charge is 0.306 e. The highest BCUT2D eigenvalue weighted by atomic mass is 31.1. The largest absolute Gasteiger partial charge is 0.481 e. The molecule has 0 heterocycles. The van der Waals surface area contributed by atoms with Crippen molar-refractivity contribution in [3.63, 3.8) is 0 Å². The van der Waals surface area contributed by atoms with Gasteiger partial charge in [0.15, 0.2) is 0 Å². The highest BCUT2D eigenvalue weighted by molar-refractivity contribution is 7.40. The van der Waals surface area contributed by atoms with E-state index in [1.165, 1.54) is 6.92 Å². The third kappa shape index (κ3) is 7.03. The second kappa shape index (κ2) is 11.3. The molecule has 0 spiro atoms. The highest BCUT2D eigenvalue weighted by Gasteiger charge is 2.44. The van der Waals surface area contributed by atoms with Crippen LogP contribution in [0.2, 0.25) is 0 Å². The summed E-state index contributed by atoms with van der Waals surface area (Å²) in [5.74, 6) is -2.66. The van der Waals surface area contributed by atoms with E-state index in [2.05, 4.69) is 10.6 Å². The maximum Gasteiger partial charge on any atom is 0.306 e. The van der Waals surface area contributed by atoms with E-state index in [1.807, 2.05) is 6.92 Å². The van der Waals surface area contributed by atoms with Gasteiger partial charge in [-0.15, -0.1) is 0 Å². The molecule has 3 unspecified atom stereocenters. The van der Waals surface area contributed by atoms with Crippen LogP contribution in [0.25, 0.3) is 0 Å². The third-order valence-corrected chi connectivity index (χ3v) is 5.60. The number of amides is 2. The number of carboxylic acid groups (broad SMARTS) is 1. The monoisotopic (exact) mass is 394 g/mol. The summed E-state index contributed by atoms with van der Waals surface area (Å²) < 4.78 is 11.8. The van der Waals surface area contributed by atoms with Gasteiger partial charge < -0.3 is 32.1 Å². The average Bonchev–Trinajstić information content (AvgIpc) is 2.52. The first kappa shape index (κ1) is 24.5. The lowest BCUT2D eigenvalue weighted by atomic mass is 10.0. The van der Waals surface area contributed by atoms with E-state index in [9.17, 15) is 23.8 Å². The van der Waals surface area contributed by atoms with E-state index in [1.54, 1.807) is 6.92 Å². The zero-order valence-electron chi connectivity index (χ0n) is 15.4. The van der Waals surface area contributed by atoms with Gasteiger partial charge in [-0.05, 0) is 19.8 Å². The van der Waals surface area contributed by atoms with Crippen LogP contribution in [-0.2, 0) is 18.9 Å². The number of carbonyl (C=O) groups is 3. The van der Waals surface area contributed by atoms with Gasteiger partial charge in [-0.3, -0.25) is 18.9 Å². The SMILES string of the molecule is CCC[C@H](NC(=O)[C@@H](N)CCC)C(=O)NC(CC(=O)O)(C(C)N)[PH](=O)O. The molecule has 26 heavy (non-hydrogen) atoms. The molecule has 8 N–H and O–H groups in total. The molecule has 10 nitrogen and oxygen atoms in total. The minimum atomic E-state index is -3.55. The van der Waals surface area contributed by atoms with E-state index < -0.39 is 55.6 Å². The molecule has 0 aliphatic rings. The Morgan fingerprint density at radius 3 is 2.04 bits per heavy atom. The van der Waals surface area contributed by atoms with Crippen molar-refractivity contribution < 1.29 is 28.9 Å². The second-order valence-electron chi connectivity index (χ2n) is 6.37. The molecule has 0 aromatic heterocycles. The van der Waals surface area contributed by atoms with Gasteiger partial charge in [0, 0.05) is 6.04 Å². The topological polar surface area (TPSA) is 185 Å². The molecule has 0 radical (unpaired) electrons. The van der Waals surface area contributed by atoms with Crippen LogP contribution >= 0.6 is 8.03 Å². The van der Waals surface area contributed by atoms with Crippen molar-refractivity contribution in [3.8, 4) is 0 Å². The molecule has 0 aromatic carbocycles. The van der Waals surface area contributed by atoms with Crippen molar-refractivity contribution in [1.82, 2.24) is 10.6 Å². The van der Waals surface area contributed by atoms with Gasteiger partial charge in [-0.25, -0.2) is 0 Å². The Morgan fingerprint density at radius 1 is 1.12 bits per heavy atom. The van der Waals surface area contributed by atoms with Crippen molar-refractivity contribution in [2.45, 2.75) is 76.3 Å². The molecule has 2 amide bonds. The van der Waals surface area contributed by atoms with Crippen LogP contribution in [0.15, 0.2) is 0 Å². The van der Waals surface area contributed by atoms with E-state index >= 15 is 0 Å². The minimum Gasteiger partial charge on any atom is -0.481 e. The van der Waals surface area contributed by atoms with Crippen LogP contribution in [0.5, 0.6) is 0 Å². The van der Waals surface area contributed by atoms with E-state index in [4.69, 9.17) is 16.6 Å². The van der Waals surface area contributed by atoms with Crippen LogP contribution in [0.1, 0.15) is 52.9 Å². The molecule has 5 atom stereocenters. The molecule has 0 saturated heterocycles. The quantitative estimate of drug-likeness (QED) is 0.239. The minimum absolute atomic E-state index is 0.255. The van der Waals surface area contributed by atoms with Gasteiger partial charge in [-0.1, -0.05) is 26.7 Å². The first-order valence-electron chi connectivity index (χ1n) is 8.60. The van der Waals surface area contributed by atoms with E-state index in [0.29, 0.717) is 19.3 Å². The summed E-state index contributed by atoms with van der Waals surface area (Å²) in [4.78, 5) is 45.5. The first-order chi connectivity index (χ1) is 12.0. The number of hydrogen-bond donors (Lipinski definition) is 6. The predicted molar refractivity (Wildman–Crippen MR) is 97.7 cm³/mol. The number of nitrogens with two attached hydrogens (primary N) is 2. The zero-order chi connectivity index (χ0) is 20.5. The summed E-state index contributed by atoms with van der Waals surface area (Å²) >= 11 is 0. The molecule has 0 fully saturated rings. The molecule has 0 aliphatic carbocycles. The van der Waals surface area contributed by atoms with Gasteiger partial charge >= 0.3 is 5.97 Å². The van der Waals surface area contributed by atoms with Gasteiger partial charge in [0.2, 0.25) is 19.8 Å². The van der Waals surface area contributed by atoms with Gasteiger partial charge in [0.25, 0.3) is 0 Å². The lowest BCUT2D eigenvalue weighted by Crippen LogP contribution is -2.62. The van der Waals surface area contributed by atoms with E-state index in [-0.39, 0.29) is 6.42 Å². The molecule has 0 aromatic rings. The van der Waals surface area contributed by atoms with Crippen LogP contribution in [0.3, 0.4) is 0 Å². The van der Waals surface area contributed by atoms with Gasteiger partial charge in [0.1, 0.15) is 11.3 Å². The average molecular weight is 394 g/mol. The van der Waals surface area contributed by atoms with Crippen LogP contribution in [0, 0.1) is 0 Å². The van der Waals surface area contributed by atoms with Crippen molar-refractivity contribution in [1.29, 1.82) is 0 Å². The number of carbonyl (C=O) groups excluding carboxylic acids is 2. The molecule has 0 saturated carbocycles. The summed E-state index contributed by atoms with van der Waals surface area (Å²) in [6, 6.07) is -2.88. The van der Waals surface area contributed by atoms with Crippen LogP contribution in [-0.4, -0.2) is 51.2 Å². The van der Waals surface area contributed by atoms with Crippen molar-refractivity contribution in [2.24, 2.45) is 11.5 Å². The Hall–Kier alpha value is -1.48. The summed E-state index contributed by atoms with van der Waals surface area (Å²) in [6.07, 6.45) is 1.12. The Kier molecular flexibility index (Phi) is 10.6. The van der Waals surface area contributed by atoms with Gasteiger partial charge in [0.05, 0.1) is 12.5 Å². The fraction of sp³-hybridized carbons (Fsp3) is 0.800. The molecular weight excluding hydrogens is 363 g/mol. The second-order valence-corrected chi connectivity index (χ2v) is 7.87. The number of aliphatic carboxylic acids is 1. The maximum atomic E-state index is 12.6. The Labute approximate surface area is 153 Å². The van der Waals surface area contributed by atoms with Crippen molar-refractivity contribution in [3.05, 3.63) is 0 Å². The Balaban J connectivity index is 5.45. The lowest BCUT2D eigenvalue weighted by molar-refractivity contribution is -0.139. The van der Waals surface area contributed by atoms with Crippen LogP contribution < -0.4 is 22.1 Å². The highest BCUT2D eigenvalue weighted by Crippen LogP contribution is 2.38. The fourth-order valence-electron chi connectivity index (χ4n) is 2.47. The summed E-state index contributed by atoms with van der Waals surface area (Å²) in [7, 11) is -3.55. The molecule has 152 valence electrons. The van der Waals surface area contributed by atoms with Crippen molar-refractivity contribution >= 4 is 25.8 Å². The third-order valence-electron chi connectivity index (χ3n) is 4.08. The van der Waals surface area contributed by atoms with Gasteiger partial charge in [-0.2, -0.15) is 0 Å². The fourth-order valence-corrected chi connectivity index (χ4v) is 3.39.